The molecular weight excluding hydrogens is 288 g/mol. The van der Waals surface area contributed by atoms with Crippen LogP contribution in [-0.2, 0) is 11.2 Å². The highest BCUT2D eigenvalue weighted by Crippen LogP contribution is 2.15. The van der Waals surface area contributed by atoms with E-state index in [0.717, 1.165) is 0 Å². The Morgan fingerprint density at radius 3 is 2.71 bits per heavy atom. The summed E-state index contributed by atoms with van der Waals surface area (Å²) in [6.07, 6.45) is 1.55. The number of rotatable bonds is 3. The van der Waals surface area contributed by atoms with E-state index in [-0.39, 0.29) is 12.2 Å². The maximum atomic E-state index is 12.0. The monoisotopic (exact) mass is 298 g/mol. The Balaban J connectivity index is 2.21. The lowest BCUT2D eigenvalue weighted by Crippen LogP contribution is -2.14. The van der Waals surface area contributed by atoms with Gasteiger partial charge in [0.1, 0.15) is 0 Å². The third kappa shape index (κ3) is 4.16. The van der Waals surface area contributed by atoms with Crippen LogP contribution in [0.2, 0.25) is 5.02 Å². The molecule has 0 aliphatic rings. The molecule has 0 fully saturated rings. The number of nitrogens with two attached hydrogens (primary N) is 1. The van der Waals surface area contributed by atoms with Gasteiger partial charge in [-0.3, -0.25) is 14.6 Å². The van der Waals surface area contributed by atoms with Gasteiger partial charge in [-0.2, -0.15) is 0 Å². The summed E-state index contributed by atoms with van der Waals surface area (Å²) in [4.78, 5) is 26.8. The molecule has 0 spiro atoms. The van der Waals surface area contributed by atoms with Crippen molar-refractivity contribution in [1.82, 2.24) is 4.98 Å². The summed E-state index contributed by atoms with van der Waals surface area (Å²) in [6.45, 7) is 0. The van der Waals surface area contributed by atoms with Gasteiger partial charge in [-0.1, -0.05) is 29.7 Å². The van der Waals surface area contributed by atoms with Crippen molar-refractivity contribution in [3.63, 3.8) is 0 Å². The number of pyridine rings is 1. The average Bonchev–Trinajstić information content (AvgIpc) is 2.45. The van der Waals surface area contributed by atoms with Gasteiger partial charge in [0.2, 0.25) is 11.7 Å². The minimum Gasteiger partial charge on any atom is -0.369 e. The zero-order chi connectivity index (χ0) is 15.2. The first-order valence-electron chi connectivity index (χ1n) is 6.10. The third-order valence-electron chi connectivity index (χ3n) is 2.61. The fraction of sp³-hybridized carbons (Fsp3) is 0.0625. The van der Waals surface area contributed by atoms with Crippen molar-refractivity contribution in [1.29, 1.82) is 0 Å². The Kier molecular flexibility index (Phi) is 4.70. The van der Waals surface area contributed by atoms with Gasteiger partial charge in [-0.25, -0.2) is 0 Å². The van der Waals surface area contributed by atoms with Gasteiger partial charge >= 0.3 is 0 Å². The predicted molar refractivity (Wildman–Crippen MR) is 79.8 cm³/mol. The number of primary amides is 1. The Hall–Kier alpha value is -2.64. The van der Waals surface area contributed by atoms with Crippen LogP contribution in [0.25, 0.3) is 0 Å². The van der Waals surface area contributed by atoms with Gasteiger partial charge in [0.25, 0.3) is 0 Å². The Labute approximate surface area is 126 Å². The minimum atomic E-state index is -0.472. The molecule has 0 aliphatic heterocycles. The maximum absolute atomic E-state index is 12.0. The molecule has 1 heterocycles. The van der Waals surface area contributed by atoms with Crippen LogP contribution in [0, 0.1) is 11.8 Å². The summed E-state index contributed by atoms with van der Waals surface area (Å²) >= 11 is 5.93. The molecule has 2 N–H and O–H groups in total. The molecule has 1 amide bonds. The topological polar surface area (TPSA) is 73.1 Å². The zero-order valence-electron chi connectivity index (χ0n) is 11.0. The summed E-state index contributed by atoms with van der Waals surface area (Å²) in [5, 5.41) is 0.362. The smallest absolute Gasteiger partial charge is 0.237 e. The standard InChI is InChI=1S/C16H11ClN2O2/c17-14-4-2-1-3-13(14)15(20)6-5-11-7-8-19-12(9-11)10-16(18)21/h1-4,7-9H,10H2,(H2,18,21). The van der Waals surface area contributed by atoms with Crippen LogP contribution in [0.1, 0.15) is 21.6 Å². The minimum absolute atomic E-state index is 0.0357. The quantitative estimate of drug-likeness (QED) is 0.696. The van der Waals surface area contributed by atoms with E-state index in [4.69, 9.17) is 17.3 Å². The molecule has 1 aromatic heterocycles. The zero-order valence-corrected chi connectivity index (χ0v) is 11.7. The fourth-order valence-electron chi connectivity index (χ4n) is 1.67. The Morgan fingerprint density at radius 2 is 2.00 bits per heavy atom. The fourth-order valence-corrected chi connectivity index (χ4v) is 1.89. The summed E-state index contributed by atoms with van der Waals surface area (Å²) < 4.78 is 0. The van der Waals surface area contributed by atoms with E-state index in [0.29, 0.717) is 21.8 Å². The summed E-state index contributed by atoms with van der Waals surface area (Å²) in [5.41, 5.74) is 6.56. The molecule has 4 nitrogen and oxygen atoms in total. The molecule has 0 aliphatic carbocycles. The van der Waals surface area contributed by atoms with Crippen molar-refractivity contribution in [3.8, 4) is 11.8 Å². The largest absolute Gasteiger partial charge is 0.369 e. The van der Waals surface area contributed by atoms with Gasteiger partial charge in [-0.15, -0.1) is 0 Å². The second-order valence-electron chi connectivity index (χ2n) is 4.24. The van der Waals surface area contributed by atoms with Crippen molar-refractivity contribution < 1.29 is 9.59 Å². The molecule has 0 saturated carbocycles. The number of carbonyl (C=O) groups excluding carboxylic acids is 2. The van der Waals surface area contributed by atoms with E-state index in [1.165, 1.54) is 6.20 Å². The number of hydrogen-bond acceptors (Lipinski definition) is 3. The molecular formula is C16H11ClN2O2. The van der Waals surface area contributed by atoms with Crippen molar-refractivity contribution in [2.24, 2.45) is 5.73 Å². The molecule has 21 heavy (non-hydrogen) atoms. The summed E-state index contributed by atoms with van der Waals surface area (Å²) in [5.74, 6) is 4.41. The predicted octanol–water partition coefficient (Wildman–Crippen LogP) is 2.00. The second-order valence-corrected chi connectivity index (χ2v) is 4.65. The number of ketones is 1. The lowest BCUT2D eigenvalue weighted by molar-refractivity contribution is -0.117. The average molecular weight is 299 g/mol. The van der Waals surface area contributed by atoms with E-state index >= 15 is 0 Å². The first kappa shape index (κ1) is 14.8. The lowest BCUT2D eigenvalue weighted by Gasteiger charge is -1.98. The molecule has 0 unspecified atom stereocenters. The van der Waals surface area contributed by atoms with Crippen LogP contribution >= 0.6 is 11.6 Å². The number of halogens is 1. The molecule has 0 atom stereocenters. The van der Waals surface area contributed by atoms with Gasteiger partial charge in [-0.05, 0) is 30.2 Å². The number of nitrogens with zero attached hydrogens (tertiary/aromatic N) is 1. The van der Waals surface area contributed by atoms with Crippen molar-refractivity contribution in [2.75, 3.05) is 0 Å². The van der Waals surface area contributed by atoms with E-state index < -0.39 is 5.91 Å². The van der Waals surface area contributed by atoms with Gasteiger partial charge in [0, 0.05) is 17.3 Å². The number of benzene rings is 1. The number of hydrogen-bond donors (Lipinski definition) is 1. The third-order valence-corrected chi connectivity index (χ3v) is 2.94. The highest BCUT2D eigenvalue weighted by Gasteiger charge is 2.06. The van der Waals surface area contributed by atoms with Crippen LogP contribution in [0.15, 0.2) is 42.6 Å². The van der Waals surface area contributed by atoms with Gasteiger partial charge in [0.05, 0.1) is 17.1 Å². The van der Waals surface area contributed by atoms with E-state index in [2.05, 4.69) is 16.8 Å². The van der Waals surface area contributed by atoms with Crippen LogP contribution in [0.4, 0.5) is 0 Å². The van der Waals surface area contributed by atoms with E-state index in [9.17, 15) is 9.59 Å². The lowest BCUT2D eigenvalue weighted by atomic mass is 10.1. The first-order valence-corrected chi connectivity index (χ1v) is 6.48. The molecule has 2 rings (SSSR count). The maximum Gasteiger partial charge on any atom is 0.237 e. The molecule has 1 aromatic carbocycles. The number of carbonyl (C=O) groups is 2. The Morgan fingerprint density at radius 1 is 1.24 bits per heavy atom. The Bertz CT molecular complexity index is 760. The van der Waals surface area contributed by atoms with E-state index in [1.54, 1.807) is 36.4 Å². The molecule has 0 radical (unpaired) electrons. The number of amides is 1. The summed E-state index contributed by atoms with van der Waals surface area (Å²) in [7, 11) is 0. The van der Waals surface area contributed by atoms with Crippen LogP contribution in [0.3, 0.4) is 0 Å². The van der Waals surface area contributed by atoms with Crippen molar-refractivity contribution in [2.45, 2.75) is 6.42 Å². The van der Waals surface area contributed by atoms with Crippen LogP contribution < -0.4 is 5.73 Å². The molecule has 104 valence electrons. The molecule has 0 saturated heterocycles. The number of Topliss-reactive ketones (excluding diaryl/α,β-unsaturated/α-hetero) is 1. The molecule has 2 aromatic rings. The van der Waals surface area contributed by atoms with Crippen molar-refractivity contribution >= 4 is 23.3 Å². The van der Waals surface area contributed by atoms with Crippen LogP contribution in [-0.4, -0.2) is 16.7 Å². The first-order chi connectivity index (χ1) is 10.1. The molecule has 0 bridgehead atoms. The normalized spacial score (nSPS) is 9.57. The highest BCUT2D eigenvalue weighted by molar-refractivity contribution is 6.35. The number of aromatic nitrogens is 1. The van der Waals surface area contributed by atoms with Gasteiger partial charge < -0.3 is 5.73 Å². The molecule has 5 heteroatoms. The van der Waals surface area contributed by atoms with Crippen LogP contribution in [0.5, 0.6) is 0 Å². The SMILES string of the molecule is NC(=O)Cc1cc(C#CC(=O)c2ccccc2Cl)ccn1. The van der Waals surface area contributed by atoms with E-state index in [1.807, 2.05) is 0 Å². The van der Waals surface area contributed by atoms with Crippen molar-refractivity contribution in [3.05, 3.63) is 64.4 Å². The second kappa shape index (κ2) is 6.69. The summed E-state index contributed by atoms with van der Waals surface area (Å²) in [6, 6.07) is 9.98. The van der Waals surface area contributed by atoms with Gasteiger partial charge in [0.15, 0.2) is 0 Å². The highest BCUT2D eigenvalue weighted by atomic mass is 35.5.